The molecule has 0 spiro atoms. The lowest BCUT2D eigenvalue weighted by molar-refractivity contribution is -0.128. The van der Waals surface area contributed by atoms with E-state index in [4.69, 9.17) is 0 Å². The summed E-state index contributed by atoms with van der Waals surface area (Å²) in [7, 11) is 0. The van der Waals surface area contributed by atoms with Gasteiger partial charge >= 0.3 is 0 Å². The predicted octanol–water partition coefficient (Wildman–Crippen LogP) is 3.44. The fraction of sp³-hybridized carbons (Fsp3) is 0.320. The number of rotatable bonds is 8. The molecule has 2 atom stereocenters. The molecule has 7 nitrogen and oxygen atoms in total. The summed E-state index contributed by atoms with van der Waals surface area (Å²) < 4.78 is 0. The molecule has 1 aliphatic carbocycles. The molecular formula is C25H28N4O3. The van der Waals surface area contributed by atoms with Crippen LogP contribution in [-0.4, -0.2) is 28.7 Å². The maximum atomic E-state index is 13.0. The summed E-state index contributed by atoms with van der Waals surface area (Å²) in [6.07, 6.45) is 4.18. The molecule has 4 N–H and O–H groups in total. The van der Waals surface area contributed by atoms with Crippen LogP contribution in [0.1, 0.15) is 43.9 Å². The van der Waals surface area contributed by atoms with Gasteiger partial charge in [-0.3, -0.25) is 14.4 Å². The average molecular weight is 433 g/mol. The number of aromatic nitrogens is 1. The van der Waals surface area contributed by atoms with Crippen LogP contribution < -0.4 is 16.0 Å². The molecule has 1 aliphatic rings. The van der Waals surface area contributed by atoms with Crippen LogP contribution in [0.15, 0.2) is 54.7 Å². The van der Waals surface area contributed by atoms with Crippen LogP contribution in [0.3, 0.4) is 0 Å². The quantitative estimate of drug-likeness (QED) is 0.438. The molecule has 1 aromatic heterocycles. The van der Waals surface area contributed by atoms with Crippen molar-refractivity contribution in [1.82, 2.24) is 15.6 Å². The Balaban J connectivity index is 1.41. The minimum Gasteiger partial charge on any atom is -0.361 e. The van der Waals surface area contributed by atoms with Crippen LogP contribution in [0.4, 0.5) is 5.69 Å². The first-order valence-electron chi connectivity index (χ1n) is 10.9. The minimum absolute atomic E-state index is 0.0644. The van der Waals surface area contributed by atoms with Gasteiger partial charge in [-0.25, -0.2) is 0 Å². The monoisotopic (exact) mass is 432 g/mol. The van der Waals surface area contributed by atoms with E-state index in [1.807, 2.05) is 61.7 Å². The second-order valence-electron chi connectivity index (χ2n) is 8.43. The Kier molecular flexibility index (Phi) is 6.25. The summed E-state index contributed by atoms with van der Waals surface area (Å²) >= 11 is 0. The summed E-state index contributed by atoms with van der Waals surface area (Å²) in [5.74, 6) is -0.289. The van der Waals surface area contributed by atoms with Crippen LogP contribution in [0, 0.1) is 5.92 Å². The fourth-order valence-electron chi connectivity index (χ4n) is 3.82. The van der Waals surface area contributed by atoms with Crippen LogP contribution >= 0.6 is 0 Å². The van der Waals surface area contributed by atoms with Crippen LogP contribution in [-0.2, 0) is 20.8 Å². The molecule has 3 amide bonds. The lowest BCUT2D eigenvalue weighted by atomic mass is 10.0. The van der Waals surface area contributed by atoms with Gasteiger partial charge in [0.25, 0.3) is 0 Å². The van der Waals surface area contributed by atoms with E-state index in [0.717, 1.165) is 40.6 Å². The average Bonchev–Trinajstić information content (AvgIpc) is 3.55. The Labute approximate surface area is 187 Å². The number of hydrogen-bond acceptors (Lipinski definition) is 3. The Bertz CT molecular complexity index is 1130. The molecule has 0 aliphatic heterocycles. The van der Waals surface area contributed by atoms with Gasteiger partial charge in [0.2, 0.25) is 17.7 Å². The summed E-state index contributed by atoms with van der Waals surface area (Å²) in [6.45, 7) is 3.31. The number of fused-ring (bicyclic) bond motifs is 1. The number of aromatic amines is 1. The Hall–Kier alpha value is -3.61. The highest BCUT2D eigenvalue weighted by atomic mass is 16.2. The van der Waals surface area contributed by atoms with Gasteiger partial charge in [-0.05, 0) is 49.1 Å². The first kappa shape index (κ1) is 21.6. The maximum absolute atomic E-state index is 13.0. The molecule has 4 rings (SSSR count). The molecule has 1 heterocycles. The number of H-pyrrole nitrogens is 1. The number of amides is 3. The molecule has 0 bridgehead atoms. The van der Waals surface area contributed by atoms with Crippen molar-refractivity contribution in [1.29, 1.82) is 0 Å². The van der Waals surface area contributed by atoms with Gasteiger partial charge < -0.3 is 20.9 Å². The van der Waals surface area contributed by atoms with Crippen LogP contribution in [0.2, 0.25) is 0 Å². The van der Waals surface area contributed by atoms with Crippen molar-refractivity contribution >= 4 is 34.3 Å². The number of benzene rings is 2. The van der Waals surface area contributed by atoms with Crippen molar-refractivity contribution in [2.45, 2.75) is 45.2 Å². The second kappa shape index (κ2) is 9.26. The highest BCUT2D eigenvalue weighted by Gasteiger charge is 2.29. The number of carbonyl (C=O) groups excluding carboxylic acids is 3. The van der Waals surface area contributed by atoms with E-state index in [1.165, 1.54) is 6.92 Å². The SMILES string of the molecule is CC(=O)N[C@@H](Cc1c[nH]c2ccccc12)C(=O)N[C@H](C)c1ccc(NC(=O)C2CC2)cc1. The summed E-state index contributed by atoms with van der Waals surface area (Å²) in [5, 5.41) is 9.72. The topological polar surface area (TPSA) is 103 Å². The van der Waals surface area contributed by atoms with E-state index in [-0.39, 0.29) is 29.7 Å². The van der Waals surface area contributed by atoms with Gasteiger partial charge in [0.15, 0.2) is 0 Å². The van der Waals surface area contributed by atoms with Gasteiger partial charge in [0.05, 0.1) is 6.04 Å². The van der Waals surface area contributed by atoms with Gasteiger partial charge in [-0.15, -0.1) is 0 Å². The van der Waals surface area contributed by atoms with Crippen molar-refractivity contribution in [3.63, 3.8) is 0 Å². The van der Waals surface area contributed by atoms with E-state index in [2.05, 4.69) is 20.9 Å². The maximum Gasteiger partial charge on any atom is 0.243 e. The van der Waals surface area contributed by atoms with E-state index in [1.54, 1.807) is 0 Å². The van der Waals surface area contributed by atoms with E-state index in [9.17, 15) is 14.4 Å². The summed E-state index contributed by atoms with van der Waals surface area (Å²) in [5.41, 5.74) is 3.63. The largest absolute Gasteiger partial charge is 0.361 e. The standard InChI is InChI=1S/C25H28N4O3/c1-15(17-9-11-20(12-10-17)29-24(31)18-7-8-18)27-25(32)23(28-16(2)30)13-19-14-26-22-6-4-3-5-21(19)22/h3-6,9-12,14-15,18,23,26H,7-8,13H2,1-2H3,(H,27,32)(H,28,30)(H,29,31)/t15-,23+/m1/s1. The zero-order valence-corrected chi connectivity index (χ0v) is 18.3. The fourth-order valence-corrected chi connectivity index (χ4v) is 3.82. The summed E-state index contributed by atoms with van der Waals surface area (Å²) in [6, 6.07) is 14.4. The van der Waals surface area contributed by atoms with Gasteiger partial charge in [-0.1, -0.05) is 30.3 Å². The Morgan fingerprint density at radius 2 is 1.75 bits per heavy atom. The molecule has 3 aromatic rings. The smallest absolute Gasteiger partial charge is 0.243 e. The van der Waals surface area contributed by atoms with Crippen LogP contribution in [0.5, 0.6) is 0 Å². The molecule has 7 heteroatoms. The third-order valence-electron chi connectivity index (χ3n) is 5.78. The highest BCUT2D eigenvalue weighted by molar-refractivity contribution is 5.94. The molecule has 0 unspecified atom stereocenters. The van der Waals surface area contributed by atoms with E-state index >= 15 is 0 Å². The molecule has 2 aromatic carbocycles. The van der Waals surface area contributed by atoms with Gasteiger partial charge in [0.1, 0.15) is 6.04 Å². The molecule has 1 saturated carbocycles. The van der Waals surface area contributed by atoms with Gasteiger partial charge in [0, 0.05) is 42.0 Å². The number of hydrogen-bond donors (Lipinski definition) is 4. The molecule has 0 radical (unpaired) electrons. The zero-order chi connectivity index (χ0) is 22.7. The normalized spacial score (nSPS) is 15.1. The molecule has 32 heavy (non-hydrogen) atoms. The Morgan fingerprint density at radius 1 is 1.03 bits per heavy atom. The van der Waals surface area contributed by atoms with Crippen molar-refractivity contribution in [2.24, 2.45) is 5.92 Å². The van der Waals surface area contributed by atoms with Crippen molar-refractivity contribution < 1.29 is 14.4 Å². The molecule has 166 valence electrons. The summed E-state index contributed by atoms with van der Waals surface area (Å²) in [4.78, 5) is 39.9. The first-order valence-corrected chi connectivity index (χ1v) is 10.9. The lowest BCUT2D eigenvalue weighted by Crippen LogP contribution is -2.47. The predicted molar refractivity (Wildman–Crippen MR) is 124 cm³/mol. The van der Waals surface area contributed by atoms with Gasteiger partial charge in [-0.2, -0.15) is 0 Å². The molecular weight excluding hydrogens is 404 g/mol. The minimum atomic E-state index is -0.689. The number of carbonyl (C=O) groups is 3. The lowest BCUT2D eigenvalue weighted by Gasteiger charge is -2.21. The number of para-hydroxylation sites is 1. The third-order valence-corrected chi connectivity index (χ3v) is 5.78. The number of anilines is 1. The van der Waals surface area contributed by atoms with E-state index in [0.29, 0.717) is 6.42 Å². The van der Waals surface area contributed by atoms with E-state index < -0.39 is 6.04 Å². The third kappa shape index (κ3) is 5.17. The molecule has 0 saturated heterocycles. The highest BCUT2D eigenvalue weighted by Crippen LogP contribution is 2.30. The zero-order valence-electron chi connectivity index (χ0n) is 18.3. The Morgan fingerprint density at radius 3 is 2.44 bits per heavy atom. The van der Waals surface area contributed by atoms with Crippen molar-refractivity contribution in [2.75, 3.05) is 5.32 Å². The number of nitrogens with one attached hydrogen (secondary N) is 4. The molecule has 1 fully saturated rings. The second-order valence-corrected chi connectivity index (χ2v) is 8.43. The van der Waals surface area contributed by atoms with Crippen LogP contribution in [0.25, 0.3) is 10.9 Å². The van der Waals surface area contributed by atoms with Crippen molar-refractivity contribution in [3.05, 3.63) is 65.9 Å². The first-order chi connectivity index (χ1) is 15.4. The van der Waals surface area contributed by atoms with Crippen molar-refractivity contribution in [3.8, 4) is 0 Å².